The van der Waals surface area contributed by atoms with Crippen LogP contribution in [-0.4, -0.2) is 102 Å². The second-order valence-corrected chi connectivity index (χ2v) is 15.8. The van der Waals surface area contributed by atoms with Gasteiger partial charge < -0.3 is 49.8 Å². The van der Waals surface area contributed by atoms with Gasteiger partial charge in [-0.1, -0.05) is 18.2 Å². The Hall–Kier alpha value is -8.73. The van der Waals surface area contributed by atoms with Gasteiger partial charge in [-0.3, -0.25) is 19.6 Å². The molecule has 0 atom stereocenters. The minimum absolute atomic E-state index is 0.0190. The molecule has 0 bridgehead atoms. The number of nitrogens with zero attached hydrogens (tertiary/aromatic N) is 6. The molecular formula is C47H41N11O10S. The first-order valence-electron chi connectivity index (χ1n) is 21.3. The molecule has 4 aromatic heterocycles. The average molecular weight is 952 g/mol. The molecule has 3 aromatic carbocycles. The molecule has 22 heteroatoms. The van der Waals surface area contributed by atoms with Crippen molar-refractivity contribution in [3.63, 3.8) is 0 Å². The van der Waals surface area contributed by atoms with Crippen LogP contribution in [0.15, 0.2) is 117 Å². The third-order valence-electron chi connectivity index (χ3n) is 10.5. The molecule has 0 radical (unpaired) electrons. The molecule has 21 nitrogen and oxygen atoms in total. The Bertz CT molecular complexity index is 3410. The summed E-state index contributed by atoms with van der Waals surface area (Å²) in [6.45, 7) is 1.84. The van der Waals surface area contributed by atoms with E-state index < -0.39 is 12.0 Å². The van der Waals surface area contributed by atoms with Gasteiger partial charge in [0.05, 0.1) is 50.1 Å². The van der Waals surface area contributed by atoms with Crippen LogP contribution in [0.3, 0.4) is 0 Å². The van der Waals surface area contributed by atoms with Crippen LogP contribution in [0.1, 0.15) is 15.9 Å². The van der Waals surface area contributed by atoms with Gasteiger partial charge in [-0.25, -0.2) is 14.6 Å². The van der Waals surface area contributed by atoms with Gasteiger partial charge in [0.1, 0.15) is 17.1 Å². The zero-order valence-electron chi connectivity index (χ0n) is 36.5. The summed E-state index contributed by atoms with van der Waals surface area (Å²) in [5.41, 5.74) is 3.92. The number of fused-ring (bicyclic) bond motifs is 5. The highest BCUT2D eigenvalue weighted by molar-refractivity contribution is 7.80. The lowest BCUT2D eigenvalue weighted by molar-refractivity contribution is -0.120. The third-order valence-corrected chi connectivity index (χ3v) is 10.8. The van der Waals surface area contributed by atoms with E-state index in [1.807, 2.05) is 0 Å². The molecule has 0 spiro atoms. The fraction of sp³-hybridized carbons (Fsp3) is 0.170. The van der Waals surface area contributed by atoms with Crippen LogP contribution in [0.5, 0.6) is 5.75 Å². The molecule has 1 aliphatic carbocycles. The second-order valence-electron chi connectivity index (χ2n) is 15.4. The van der Waals surface area contributed by atoms with Gasteiger partial charge >= 0.3 is 12.0 Å². The lowest BCUT2D eigenvalue weighted by Gasteiger charge is -2.18. The minimum atomic E-state index is -1.18. The van der Waals surface area contributed by atoms with Gasteiger partial charge in [0.2, 0.25) is 17.7 Å². The number of anilines is 3. The molecule has 0 saturated carbocycles. The van der Waals surface area contributed by atoms with Crippen LogP contribution in [0, 0.1) is 0 Å². The van der Waals surface area contributed by atoms with Crippen molar-refractivity contribution in [3.05, 3.63) is 125 Å². The standard InChI is InChI=1S/C47H41N11O10S/c1-57-25-35-41(55-57)53-45(58-43(35)52-42(56-58)36-3-2-16-67-36)54-46(64)50-27-6-4-26(5-7-27)21-39(61)48-14-17-65-19-20-66-18-15-49-47(69)51-28-8-11-31(34(22-28)44(62)63)40-32-12-9-29(59)23-37(32)68-38-24-30(60)10-13-33(38)40/h2-13,16,22-25,59H,14-15,17-21H2,1H3,(H,48,61)(H,62,63)(H2,49,51,69)(H2,50,53,54,55,64). The summed E-state index contributed by atoms with van der Waals surface area (Å²) in [5.74, 6) is -0.292. The fourth-order valence-corrected chi connectivity index (χ4v) is 7.69. The quantitative estimate of drug-likeness (QED) is 0.0319. The number of benzene rings is 4. The SMILES string of the molecule is Cn1cc2c(nc(NC(=O)Nc3ccc(CC(=O)NCCOCCOCCNC(=S)Nc4ccc(-c5c6ccc(=O)cc-6oc6cc(O)ccc56)c(C(=O)O)c4)cc3)n3nc(-c4ccco4)nc23)n1. The topological polar surface area (TPSA) is 275 Å². The van der Waals surface area contributed by atoms with Gasteiger partial charge in [-0.2, -0.15) is 14.6 Å². The highest BCUT2D eigenvalue weighted by Gasteiger charge is 2.23. The lowest BCUT2D eigenvalue weighted by atomic mass is 9.90. The summed E-state index contributed by atoms with van der Waals surface area (Å²) in [6.07, 6.45) is 3.40. The highest BCUT2D eigenvalue weighted by Crippen LogP contribution is 2.42. The Morgan fingerprint density at radius 1 is 0.783 bits per heavy atom. The van der Waals surface area contributed by atoms with Crippen molar-refractivity contribution in [2.24, 2.45) is 7.05 Å². The third kappa shape index (κ3) is 10.5. The summed E-state index contributed by atoms with van der Waals surface area (Å²) in [6, 6.07) is 23.4. The summed E-state index contributed by atoms with van der Waals surface area (Å²) >= 11 is 5.43. The van der Waals surface area contributed by atoms with Crippen molar-refractivity contribution in [2.45, 2.75) is 6.42 Å². The number of aryl methyl sites for hydroxylation is 1. The van der Waals surface area contributed by atoms with Crippen LogP contribution in [-0.2, 0) is 27.7 Å². The first-order valence-corrected chi connectivity index (χ1v) is 21.7. The number of carbonyl (C=O) groups excluding carboxylic acids is 2. The highest BCUT2D eigenvalue weighted by atomic mass is 32.1. The van der Waals surface area contributed by atoms with Crippen molar-refractivity contribution < 1.29 is 42.9 Å². The van der Waals surface area contributed by atoms with Gasteiger partial charge in [-0.15, -0.1) is 5.10 Å². The number of hydrogen-bond acceptors (Lipinski definition) is 14. The molecule has 0 fully saturated rings. The van der Waals surface area contributed by atoms with E-state index >= 15 is 0 Å². The average Bonchev–Trinajstić information content (AvgIpc) is 4.10. The monoisotopic (exact) mass is 951 g/mol. The lowest BCUT2D eigenvalue weighted by Crippen LogP contribution is -2.31. The number of ether oxygens (including phenoxy) is 2. The molecule has 7 aromatic rings. The number of carboxylic acid groups (broad SMARTS) is 1. The van der Waals surface area contributed by atoms with E-state index in [0.29, 0.717) is 94.6 Å². The molecule has 5 heterocycles. The Morgan fingerprint density at radius 2 is 1.55 bits per heavy atom. The van der Waals surface area contributed by atoms with E-state index in [0.717, 1.165) is 5.56 Å². The zero-order chi connectivity index (χ0) is 48.0. The number of thiocarbonyl (C=S) groups is 1. The van der Waals surface area contributed by atoms with Crippen LogP contribution >= 0.6 is 12.2 Å². The smallest absolute Gasteiger partial charge is 0.336 e. The van der Waals surface area contributed by atoms with Crippen molar-refractivity contribution >= 4 is 80.2 Å². The van der Waals surface area contributed by atoms with Crippen LogP contribution in [0.4, 0.5) is 22.1 Å². The number of aromatic nitrogens is 6. The number of nitrogens with one attached hydrogen (secondary N) is 5. The second kappa shape index (κ2) is 20.0. The van der Waals surface area contributed by atoms with Crippen molar-refractivity contribution in [2.75, 3.05) is 55.5 Å². The largest absolute Gasteiger partial charge is 0.508 e. The molecule has 1 aliphatic heterocycles. The number of aromatic hydroxyl groups is 1. The molecular weight excluding hydrogens is 911 g/mol. The predicted molar refractivity (Wildman–Crippen MR) is 258 cm³/mol. The van der Waals surface area contributed by atoms with E-state index in [2.05, 4.69) is 46.7 Å². The maximum absolute atomic E-state index is 13.0. The van der Waals surface area contributed by atoms with Crippen molar-refractivity contribution in [3.8, 4) is 39.8 Å². The maximum atomic E-state index is 13.0. The Morgan fingerprint density at radius 3 is 2.32 bits per heavy atom. The van der Waals surface area contributed by atoms with E-state index in [-0.39, 0.29) is 58.1 Å². The summed E-state index contributed by atoms with van der Waals surface area (Å²) in [4.78, 5) is 59.4. The van der Waals surface area contributed by atoms with Crippen molar-refractivity contribution in [1.29, 1.82) is 0 Å². The summed E-state index contributed by atoms with van der Waals surface area (Å²) in [7, 11) is 1.76. The molecule has 350 valence electrons. The number of furan rings is 1. The number of hydrogen-bond donors (Lipinski definition) is 7. The number of urea groups is 1. The number of rotatable bonds is 17. The Balaban J connectivity index is 0.668. The number of phenols is 1. The Kier molecular flexibility index (Phi) is 13.2. The molecule has 0 saturated heterocycles. The fourth-order valence-electron chi connectivity index (χ4n) is 7.47. The minimum Gasteiger partial charge on any atom is -0.508 e. The van der Waals surface area contributed by atoms with Crippen LogP contribution in [0.25, 0.3) is 61.7 Å². The van der Waals surface area contributed by atoms with Gasteiger partial charge in [0.15, 0.2) is 27.6 Å². The number of amides is 3. The van der Waals surface area contributed by atoms with Crippen LogP contribution in [0.2, 0.25) is 0 Å². The van der Waals surface area contributed by atoms with E-state index in [1.54, 1.807) is 78.6 Å². The maximum Gasteiger partial charge on any atom is 0.336 e. The first kappa shape index (κ1) is 45.4. The molecule has 9 rings (SSSR count). The number of carboxylic acids is 1. The van der Waals surface area contributed by atoms with Gasteiger partial charge in [-0.05, 0) is 84.0 Å². The summed E-state index contributed by atoms with van der Waals surface area (Å²) < 4.78 is 25.6. The number of carbonyl (C=O) groups is 3. The van der Waals surface area contributed by atoms with Gasteiger partial charge in [0, 0.05) is 66.4 Å². The molecule has 0 unspecified atom stereocenters. The van der Waals surface area contributed by atoms with E-state index in [9.17, 15) is 29.4 Å². The predicted octanol–water partition coefficient (Wildman–Crippen LogP) is 5.88. The number of aromatic carboxylic acids is 1. The van der Waals surface area contributed by atoms with Crippen LogP contribution < -0.4 is 32.0 Å². The van der Waals surface area contributed by atoms with Gasteiger partial charge in [0.25, 0.3) is 0 Å². The Labute approximate surface area is 395 Å². The zero-order valence-corrected chi connectivity index (χ0v) is 37.3. The molecule has 3 amide bonds. The molecule has 69 heavy (non-hydrogen) atoms. The summed E-state index contributed by atoms with van der Waals surface area (Å²) in [5, 5.41) is 45.0. The normalized spacial score (nSPS) is 11.3. The first-order chi connectivity index (χ1) is 33.4. The van der Waals surface area contributed by atoms with E-state index in [1.165, 1.54) is 41.1 Å². The molecule has 7 N–H and O–H groups in total. The molecule has 2 aliphatic rings. The van der Waals surface area contributed by atoms with Crippen molar-refractivity contribution in [1.82, 2.24) is 40.0 Å². The number of phenolic OH excluding ortho intramolecular Hbond substituents is 1. The van der Waals surface area contributed by atoms with E-state index in [4.69, 9.17) is 30.5 Å².